The summed E-state index contributed by atoms with van der Waals surface area (Å²) in [6.07, 6.45) is 1.63. The van der Waals surface area contributed by atoms with Gasteiger partial charge < -0.3 is 16.0 Å². The summed E-state index contributed by atoms with van der Waals surface area (Å²) in [4.78, 5) is 16.5. The Morgan fingerprint density at radius 2 is 2.12 bits per heavy atom. The normalized spacial score (nSPS) is 15.9. The summed E-state index contributed by atoms with van der Waals surface area (Å²) in [5.41, 5.74) is 7.14. The van der Waals surface area contributed by atoms with Gasteiger partial charge >= 0.3 is 0 Å². The quantitative estimate of drug-likeness (QED) is 0.624. The number of rotatable bonds is 5. The topological polar surface area (TPSA) is 85.4 Å². The molecule has 1 aromatic rings. The highest BCUT2D eigenvalue weighted by molar-refractivity contribution is 6.31. The molecule has 1 aliphatic rings. The molecule has 6 nitrogen and oxygen atoms in total. The Hall–Kier alpha value is -2.07. The summed E-state index contributed by atoms with van der Waals surface area (Å²) in [5.74, 6) is -0.429. The lowest BCUT2D eigenvalue weighted by Crippen LogP contribution is -2.45. The fourth-order valence-corrected chi connectivity index (χ4v) is 2.67. The van der Waals surface area contributed by atoms with Crippen molar-refractivity contribution in [1.82, 2.24) is 9.80 Å². The molecule has 2 rings (SSSR count). The average Bonchev–Trinajstić information content (AvgIpc) is 2.57. The number of carbonyl (C=O) groups excluding carboxylic acids is 1. The fourth-order valence-electron chi connectivity index (χ4n) is 2.49. The van der Waals surface area contributed by atoms with Crippen LogP contribution in [0.2, 0.25) is 5.02 Å². The maximum absolute atomic E-state index is 12.3. The summed E-state index contributed by atoms with van der Waals surface area (Å²) in [6, 6.07) is 7.24. The van der Waals surface area contributed by atoms with Crippen LogP contribution in [0, 0.1) is 18.3 Å². The van der Waals surface area contributed by atoms with E-state index in [0.717, 1.165) is 38.3 Å². The first-order valence-electron chi connectivity index (χ1n) is 7.89. The molecular weight excluding hydrogens is 326 g/mol. The zero-order valence-corrected chi connectivity index (χ0v) is 14.5. The number of piperazine rings is 1. The Labute approximate surface area is 147 Å². The SMILES string of the molecule is Cc1ccc(NC(=O)/C(C#N)=C\N2CCN(CCN)CC2)cc1Cl. The first kappa shape index (κ1) is 18.3. The number of nitrogens with one attached hydrogen (secondary N) is 1. The number of hydrogen-bond acceptors (Lipinski definition) is 5. The van der Waals surface area contributed by atoms with E-state index in [-0.39, 0.29) is 5.57 Å². The van der Waals surface area contributed by atoms with Crippen molar-refractivity contribution < 1.29 is 4.79 Å². The molecule has 24 heavy (non-hydrogen) atoms. The predicted molar refractivity (Wildman–Crippen MR) is 95.6 cm³/mol. The number of nitrogens with zero attached hydrogens (tertiary/aromatic N) is 3. The van der Waals surface area contributed by atoms with Crippen LogP contribution in [0.25, 0.3) is 0 Å². The van der Waals surface area contributed by atoms with Gasteiger partial charge in [-0.25, -0.2) is 0 Å². The van der Waals surface area contributed by atoms with Crippen LogP contribution >= 0.6 is 11.6 Å². The molecule has 0 aromatic heterocycles. The van der Waals surface area contributed by atoms with E-state index in [1.54, 1.807) is 18.3 Å². The molecule has 7 heteroatoms. The molecule has 1 amide bonds. The average molecular weight is 348 g/mol. The Bertz CT molecular complexity index is 659. The second-order valence-corrected chi connectivity index (χ2v) is 6.15. The van der Waals surface area contributed by atoms with Gasteiger partial charge in [0.05, 0.1) is 0 Å². The highest BCUT2D eigenvalue weighted by Gasteiger charge is 2.17. The molecule has 0 unspecified atom stereocenters. The van der Waals surface area contributed by atoms with Crippen molar-refractivity contribution in [2.45, 2.75) is 6.92 Å². The molecule has 1 heterocycles. The van der Waals surface area contributed by atoms with Gasteiger partial charge in [-0.1, -0.05) is 17.7 Å². The van der Waals surface area contributed by atoms with E-state index >= 15 is 0 Å². The van der Waals surface area contributed by atoms with E-state index in [2.05, 4.69) is 10.2 Å². The van der Waals surface area contributed by atoms with Crippen LogP contribution in [-0.2, 0) is 4.79 Å². The minimum atomic E-state index is -0.429. The van der Waals surface area contributed by atoms with Gasteiger partial charge in [-0.05, 0) is 24.6 Å². The molecule has 0 bridgehead atoms. The van der Waals surface area contributed by atoms with Crippen molar-refractivity contribution in [2.75, 3.05) is 44.6 Å². The minimum Gasteiger partial charge on any atom is -0.374 e. The number of halogens is 1. The van der Waals surface area contributed by atoms with Crippen LogP contribution in [0.15, 0.2) is 30.0 Å². The third kappa shape index (κ3) is 4.96. The third-order valence-electron chi connectivity index (χ3n) is 3.96. The Morgan fingerprint density at radius 1 is 1.42 bits per heavy atom. The number of hydrogen-bond donors (Lipinski definition) is 2. The van der Waals surface area contributed by atoms with Crippen LogP contribution in [0.3, 0.4) is 0 Å². The fraction of sp³-hybridized carbons (Fsp3) is 0.412. The van der Waals surface area contributed by atoms with Crippen LogP contribution < -0.4 is 11.1 Å². The molecule has 0 saturated carbocycles. The molecule has 1 saturated heterocycles. The number of carbonyl (C=O) groups is 1. The van der Waals surface area contributed by atoms with E-state index in [1.165, 1.54) is 0 Å². The predicted octanol–water partition coefficient (Wildman–Crippen LogP) is 1.57. The van der Waals surface area contributed by atoms with Gasteiger partial charge in [0.25, 0.3) is 5.91 Å². The maximum atomic E-state index is 12.3. The molecule has 0 aliphatic carbocycles. The van der Waals surface area contributed by atoms with Crippen molar-refractivity contribution >= 4 is 23.2 Å². The van der Waals surface area contributed by atoms with E-state index in [1.807, 2.05) is 24.0 Å². The number of benzene rings is 1. The second-order valence-electron chi connectivity index (χ2n) is 5.74. The molecule has 1 aromatic carbocycles. The number of nitrogens with two attached hydrogens (primary N) is 1. The van der Waals surface area contributed by atoms with Crippen molar-refractivity contribution in [3.8, 4) is 6.07 Å². The summed E-state index contributed by atoms with van der Waals surface area (Å²) in [6.45, 7) is 6.70. The van der Waals surface area contributed by atoms with Gasteiger partial charge in [0, 0.05) is 56.2 Å². The summed E-state index contributed by atoms with van der Waals surface area (Å²) >= 11 is 6.05. The minimum absolute atomic E-state index is 0.0824. The molecule has 128 valence electrons. The second kappa shape index (κ2) is 8.69. The number of aryl methyl sites for hydroxylation is 1. The van der Waals surface area contributed by atoms with Crippen molar-refractivity contribution in [1.29, 1.82) is 5.26 Å². The molecule has 0 radical (unpaired) electrons. The van der Waals surface area contributed by atoms with Crippen molar-refractivity contribution in [3.63, 3.8) is 0 Å². The highest BCUT2D eigenvalue weighted by atomic mass is 35.5. The van der Waals surface area contributed by atoms with E-state index in [9.17, 15) is 10.1 Å². The zero-order chi connectivity index (χ0) is 17.5. The number of nitriles is 1. The monoisotopic (exact) mass is 347 g/mol. The van der Waals surface area contributed by atoms with Crippen molar-refractivity contribution in [3.05, 3.63) is 40.6 Å². The van der Waals surface area contributed by atoms with Crippen LogP contribution in [0.4, 0.5) is 5.69 Å². The number of amides is 1. The molecular formula is C17H22ClN5O. The Kier molecular flexibility index (Phi) is 6.62. The smallest absolute Gasteiger partial charge is 0.267 e. The molecule has 0 spiro atoms. The van der Waals surface area contributed by atoms with Gasteiger partial charge in [0.2, 0.25) is 0 Å². The standard InChI is InChI=1S/C17H22ClN5O/c1-13-2-3-15(10-16(13)18)21-17(24)14(11-20)12-23-8-6-22(5-4-19)7-9-23/h2-3,10,12H,4-9,19H2,1H3,(H,21,24)/b14-12-. The first-order chi connectivity index (χ1) is 11.5. The summed E-state index contributed by atoms with van der Waals surface area (Å²) in [5, 5.41) is 12.6. The molecule has 1 aliphatic heterocycles. The third-order valence-corrected chi connectivity index (χ3v) is 4.37. The van der Waals surface area contributed by atoms with Crippen LogP contribution in [0.1, 0.15) is 5.56 Å². The summed E-state index contributed by atoms with van der Waals surface area (Å²) < 4.78 is 0. The van der Waals surface area contributed by atoms with E-state index < -0.39 is 5.91 Å². The zero-order valence-electron chi connectivity index (χ0n) is 13.8. The highest BCUT2D eigenvalue weighted by Crippen LogP contribution is 2.20. The summed E-state index contributed by atoms with van der Waals surface area (Å²) in [7, 11) is 0. The number of anilines is 1. The van der Waals surface area contributed by atoms with Crippen LogP contribution in [0.5, 0.6) is 0 Å². The molecule has 3 N–H and O–H groups in total. The lowest BCUT2D eigenvalue weighted by atomic mass is 10.2. The van der Waals surface area contributed by atoms with E-state index in [0.29, 0.717) is 17.3 Å². The van der Waals surface area contributed by atoms with Gasteiger partial charge in [0.1, 0.15) is 11.6 Å². The van der Waals surface area contributed by atoms with Gasteiger partial charge in [-0.15, -0.1) is 0 Å². The van der Waals surface area contributed by atoms with Crippen molar-refractivity contribution in [2.24, 2.45) is 5.73 Å². The van der Waals surface area contributed by atoms with E-state index in [4.69, 9.17) is 17.3 Å². The Morgan fingerprint density at radius 3 is 2.71 bits per heavy atom. The Balaban J connectivity index is 1.98. The lowest BCUT2D eigenvalue weighted by molar-refractivity contribution is -0.112. The van der Waals surface area contributed by atoms with Gasteiger partial charge in [-0.2, -0.15) is 5.26 Å². The molecule has 0 atom stereocenters. The molecule has 1 fully saturated rings. The van der Waals surface area contributed by atoms with Gasteiger partial charge in [0.15, 0.2) is 0 Å². The van der Waals surface area contributed by atoms with Crippen LogP contribution in [-0.4, -0.2) is 55.0 Å². The lowest BCUT2D eigenvalue weighted by Gasteiger charge is -2.33. The largest absolute Gasteiger partial charge is 0.374 e. The maximum Gasteiger partial charge on any atom is 0.267 e. The van der Waals surface area contributed by atoms with Gasteiger partial charge in [-0.3, -0.25) is 9.69 Å². The first-order valence-corrected chi connectivity index (χ1v) is 8.27.